The van der Waals surface area contributed by atoms with Gasteiger partial charge in [0.15, 0.2) is 0 Å². The number of allylic oxidation sites excluding steroid dienone is 2. The highest BCUT2D eigenvalue weighted by Crippen LogP contribution is 2.32. The Balaban J connectivity index is 1.54. The third kappa shape index (κ3) is 5.09. The van der Waals surface area contributed by atoms with E-state index in [9.17, 15) is 0 Å². The van der Waals surface area contributed by atoms with Gasteiger partial charge in [0.1, 0.15) is 0 Å². The minimum Gasteiger partial charge on any atom is -0.256 e. The SMILES string of the molecule is CC=C[C@H]1CC[C@H](CCc2ccc(-c3ccc(Cl)c(Cl)c3)nc2)CC1. The lowest BCUT2D eigenvalue weighted by atomic mass is 9.79. The lowest BCUT2D eigenvalue weighted by Crippen LogP contribution is -2.13. The maximum absolute atomic E-state index is 6.10. The van der Waals surface area contributed by atoms with Gasteiger partial charge in [0.05, 0.1) is 15.7 Å². The Morgan fingerprint density at radius 3 is 2.48 bits per heavy atom. The predicted molar refractivity (Wildman–Crippen MR) is 108 cm³/mol. The fraction of sp³-hybridized carbons (Fsp3) is 0.409. The van der Waals surface area contributed by atoms with Gasteiger partial charge in [-0.25, -0.2) is 0 Å². The fourth-order valence-electron chi connectivity index (χ4n) is 3.71. The number of rotatable bonds is 5. The zero-order valence-electron chi connectivity index (χ0n) is 14.7. The molecule has 0 spiro atoms. The van der Waals surface area contributed by atoms with Crippen molar-refractivity contribution in [3.8, 4) is 11.3 Å². The van der Waals surface area contributed by atoms with Crippen molar-refractivity contribution in [3.05, 3.63) is 64.3 Å². The van der Waals surface area contributed by atoms with E-state index in [4.69, 9.17) is 23.2 Å². The summed E-state index contributed by atoms with van der Waals surface area (Å²) in [5.41, 5.74) is 3.26. The standard InChI is InChI=1S/C22H25Cl2N/c1-2-3-16-4-6-17(7-5-16)8-9-18-10-13-22(25-15-18)19-11-12-20(23)21(24)14-19/h2-3,10-17H,4-9H2,1H3/t16-,17-. The van der Waals surface area contributed by atoms with Crippen LogP contribution in [0.5, 0.6) is 0 Å². The molecule has 132 valence electrons. The summed E-state index contributed by atoms with van der Waals surface area (Å²) < 4.78 is 0. The molecule has 1 nitrogen and oxygen atoms in total. The molecule has 1 saturated carbocycles. The number of aryl methyl sites for hydroxylation is 1. The van der Waals surface area contributed by atoms with Crippen LogP contribution in [-0.2, 0) is 6.42 Å². The summed E-state index contributed by atoms with van der Waals surface area (Å²) >= 11 is 12.1. The first-order valence-electron chi connectivity index (χ1n) is 9.19. The molecule has 1 aromatic carbocycles. The van der Waals surface area contributed by atoms with Crippen LogP contribution in [0.4, 0.5) is 0 Å². The molecule has 0 unspecified atom stereocenters. The zero-order valence-corrected chi connectivity index (χ0v) is 16.2. The number of aromatic nitrogens is 1. The van der Waals surface area contributed by atoms with E-state index in [1.54, 1.807) is 0 Å². The van der Waals surface area contributed by atoms with Gasteiger partial charge in [0.2, 0.25) is 0 Å². The smallest absolute Gasteiger partial charge is 0.0702 e. The Bertz CT molecular complexity index is 713. The van der Waals surface area contributed by atoms with Crippen molar-refractivity contribution < 1.29 is 0 Å². The highest BCUT2D eigenvalue weighted by atomic mass is 35.5. The topological polar surface area (TPSA) is 12.9 Å². The molecule has 0 atom stereocenters. The number of nitrogens with zero attached hydrogens (tertiary/aromatic N) is 1. The van der Waals surface area contributed by atoms with Crippen LogP contribution < -0.4 is 0 Å². The lowest BCUT2D eigenvalue weighted by Gasteiger charge is -2.26. The zero-order chi connectivity index (χ0) is 17.6. The highest BCUT2D eigenvalue weighted by Gasteiger charge is 2.19. The first-order valence-corrected chi connectivity index (χ1v) is 9.94. The van der Waals surface area contributed by atoms with Crippen LogP contribution in [0.2, 0.25) is 10.0 Å². The third-order valence-electron chi connectivity index (χ3n) is 5.24. The molecule has 1 heterocycles. The van der Waals surface area contributed by atoms with Crippen molar-refractivity contribution in [2.45, 2.75) is 45.4 Å². The van der Waals surface area contributed by atoms with Gasteiger partial charge in [-0.05, 0) is 81.0 Å². The van der Waals surface area contributed by atoms with Gasteiger partial charge in [-0.2, -0.15) is 0 Å². The molecule has 0 amide bonds. The van der Waals surface area contributed by atoms with Crippen LogP contribution in [0.1, 0.15) is 44.6 Å². The molecule has 1 aliphatic rings. The van der Waals surface area contributed by atoms with E-state index in [-0.39, 0.29) is 0 Å². The quantitative estimate of drug-likeness (QED) is 0.498. The van der Waals surface area contributed by atoms with Crippen LogP contribution >= 0.6 is 23.2 Å². The van der Waals surface area contributed by atoms with Crippen molar-refractivity contribution in [2.75, 3.05) is 0 Å². The van der Waals surface area contributed by atoms with Crippen molar-refractivity contribution in [2.24, 2.45) is 11.8 Å². The Morgan fingerprint density at radius 1 is 1.04 bits per heavy atom. The molecule has 1 fully saturated rings. The molecule has 25 heavy (non-hydrogen) atoms. The molecular weight excluding hydrogens is 349 g/mol. The van der Waals surface area contributed by atoms with Gasteiger partial charge in [0.25, 0.3) is 0 Å². The van der Waals surface area contributed by atoms with Gasteiger partial charge in [-0.15, -0.1) is 0 Å². The molecule has 0 N–H and O–H groups in total. The van der Waals surface area contributed by atoms with Crippen LogP contribution in [0.25, 0.3) is 11.3 Å². The van der Waals surface area contributed by atoms with E-state index in [0.717, 1.165) is 29.5 Å². The average Bonchev–Trinajstić information content (AvgIpc) is 2.64. The third-order valence-corrected chi connectivity index (χ3v) is 5.98. The Morgan fingerprint density at radius 2 is 1.84 bits per heavy atom. The Kier molecular flexibility index (Phi) is 6.56. The second-order valence-corrected chi connectivity index (χ2v) is 7.84. The summed E-state index contributed by atoms with van der Waals surface area (Å²) in [6.07, 6.45) is 14.4. The fourth-order valence-corrected chi connectivity index (χ4v) is 4.01. The summed E-state index contributed by atoms with van der Waals surface area (Å²) in [4.78, 5) is 4.61. The number of halogens is 2. The largest absolute Gasteiger partial charge is 0.256 e. The highest BCUT2D eigenvalue weighted by molar-refractivity contribution is 6.42. The molecule has 1 aromatic heterocycles. The van der Waals surface area contributed by atoms with Gasteiger partial charge in [-0.3, -0.25) is 4.98 Å². The predicted octanol–water partition coefficient (Wildman–Crippen LogP) is 7.37. The molecule has 0 aliphatic heterocycles. The normalized spacial score (nSPS) is 20.9. The number of hydrogen-bond donors (Lipinski definition) is 0. The van der Waals surface area contributed by atoms with Gasteiger partial charge in [-0.1, -0.05) is 47.5 Å². The van der Waals surface area contributed by atoms with Gasteiger partial charge >= 0.3 is 0 Å². The van der Waals surface area contributed by atoms with E-state index in [1.165, 1.54) is 37.7 Å². The maximum Gasteiger partial charge on any atom is 0.0702 e. The van der Waals surface area contributed by atoms with Gasteiger partial charge < -0.3 is 0 Å². The maximum atomic E-state index is 6.10. The van der Waals surface area contributed by atoms with Crippen LogP contribution in [0.15, 0.2) is 48.7 Å². The van der Waals surface area contributed by atoms with E-state index in [2.05, 4.69) is 36.2 Å². The van der Waals surface area contributed by atoms with Gasteiger partial charge in [0, 0.05) is 11.8 Å². The molecule has 3 heteroatoms. The Hall–Kier alpha value is -1.31. The van der Waals surface area contributed by atoms with Crippen LogP contribution in [-0.4, -0.2) is 4.98 Å². The van der Waals surface area contributed by atoms with E-state index in [0.29, 0.717) is 10.0 Å². The first kappa shape index (κ1) is 18.5. The summed E-state index contributed by atoms with van der Waals surface area (Å²) in [5.74, 6) is 1.68. The van der Waals surface area contributed by atoms with Crippen LogP contribution in [0, 0.1) is 11.8 Å². The average molecular weight is 374 g/mol. The molecule has 2 aromatic rings. The molecule has 0 bridgehead atoms. The molecule has 0 saturated heterocycles. The van der Waals surface area contributed by atoms with E-state index >= 15 is 0 Å². The number of benzene rings is 1. The van der Waals surface area contributed by atoms with Crippen molar-refractivity contribution >= 4 is 23.2 Å². The van der Waals surface area contributed by atoms with Crippen molar-refractivity contribution in [3.63, 3.8) is 0 Å². The summed E-state index contributed by atoms with van der Waals surface area (Å²) in [7, 11) is 0. The van der Waals surface area contributed by atoms with Crippen molar-refractivity contribution in [1.29, 1.82) is 0 Å². The molecule has 3 rings (SSSR count). The second kappa shape index (κ2) is 8.87. The summed E-state index contributed by atoms with van der Waals surface area (Å²) in [6, 6.07) is 9.92. The lowest BCUT2D eigenvalue weighted by molar-refractivity contribution is 0.296. The van der Waals surface area contributed by atoms with E-state index in [1.807, 2.05) is 24.4 Å². The minimum absolute atomic E-state index is 0.568. The summed E-state index contributed by atoms with van der Waals surface area (Å²) in [6.45, 7) is 2.13. The second-order valence-electron chi connectivity index (χ2n) is 7.03. The minimum atomic E-state index is 0.568. The van der Waals surface area contributed by atoms with E-state index < -0.39 is 0 Å². The molecule has 1 aliphatic carbocycles. The molecular formula is C22H25Cl2N. The summed E-state index contributed by atoms with van der Waals surface area (Å²) in [5, 5.41) is 1.14. The van der Waals surface area contributed by atoms with Crippen molar-refractivity contribution in [1.82, 2.24) is 4.98 Å². The molecule has 0 radical (unpaired) electrons. The number of pyridine rings is 1. The van der Waals surface area contributed by atoms with Crippen LogP contribution in [0.3, 0.4) is 0 Å². The monoisotopic (exact) mass is 373 g/mol. The Labute approximate surface area is 161 Å². The number of hydrogen-bond acceptors (Lipinski definition) is 1. The first-order chi connectivity index (χ1) is 12.2.